The van der Waals surface area contributed by atoms with Crippen molar-refractivity contribution in [1.29, 1.82) is 0 Å². The van der Waals surface area contributed by atoms with Crippen LogP contribution >= 0.6 is 0 Å². The molecule has 2 heterocycles. The Morgan fingerprint density at radius 3 is 2.13 bits per heavy atom. The second kappa shape index (κ2) is 9.96. The van der Waals surface area contributed by atoms with E-state index in [9.17, 15) is 43.5 Å². The van der Waals surface area contributed by atoms with E-state index in [1.54, 1.807) is 0 Å². The van der Waals surface area contributed by atoms with Crippen LogP contribution in [0.3, 0.4) is 0 Å². The highest BCUT2D eigenvalue weighted by Gasteiger charge is 2.53. The van der Waals surface area contributed by atoms with Gasteiger partial charge in [0.05, 0.1) is 6.61 Å². The predicted molar refractivity (Wildman–Crippen MR) is 91.2 cm³/mol. The van der Waals surface area contributed by atoms with E-state index in [2.05, 4.69) is 9.50 Å². The predicted octanol–water partition coefficient (Wildman–Crippen LogP) is -5.33. The van der Waals surface area contributed by atoms with Crippen LogP contribution in [0.15, 0.2) is 0 Å². The Labute approximate surface area is 174 Å². The van der Waals surface area contributed by atoms with Crippen LogP contribution in [-0.2, 0) is 38.4 Å². The minimum atomic E-state index is -5.22. The van der Waals surface area contributed by atoms with Gasteiger partial charge in [0.25, 0.3) is 0 Å². The summed E-state index contributed by atoms with van der Waals surface area (Å²) in [5.74, 6) is -2.52. The number of aliphatic hydroxyl groups excluding tert-OH is 5. The summed E-state index contributed by atoms with van der Waals surface area (Å²) in [7, 11) is -5.22. The molecule has 2 fully saturated rings. The molecule has 0 aromatic rings. The average molecular weight is 477 g/mol. The second-order valence-electron chi connectivity index (χ2n) is 6.80. The third-order valence-electron chi connectivity index (χ3n) is 4.55. The molecule has 8 N–H and O–H groups in total. The van der Waals surface area contributed by atoms with Crippen LogP contribution in [0.2, 0.25) is 0 Å². The molecule has 2 aliphatic rings. The maximum absolute atomic E-state index is 11.5. The Morgan fingerprint density at radius 1 is 1.03 bits per heavy atom. The highest BCUT2D eigenvalue weighted by Crippen LogP contribution is 2.30. The fraction of sp³-hybridized carbons (Fsp3) is 0.857. The van der Waals surface area contributed by atoms with Crippen molar-refractivity contribution in [1.82, 2.24) is 5.32 Å². The fourth-order valence-electron chi connectivity index (χ4n) is 3.19. The van der Waals surface area contributed by atoms with E-state index in [0.29, 0.717) is 0 Å². The smallest absolute Gasteiger partial charge is 0.397 e. The molecule has 0 aliphatic carbocycles. The summed E-state index contributed by atoms with van der Waals surface area (Å²) >= 11 is 0. The van der Waals surface area contributed by atoms with Crippen molar-refractivity contribution < 1.29 is 71.6 Å². The molecule has 10 atom stereocenters. The van der Waals surface area contributed by atoms with Crippen molar-refractivity contribution >= 4 is 22.3 Å². The van der Waals surface area contributed by atoms with Crippen molar-refractivity contribution in [2.24, 2.45) is 0 Å². The van der Waals surface area contributed by atoms with Crippen molar-refractivity contribution in [3.8, 4) is 0 Å². The molecule has 0 saturated carbocycles. The Bertz CT molecular complexity index is 761. The summed E-state index contributed by atoms with van der Waals surface area (Å²) in [5.41, 5.74) is 0. The van der Waals surface area contributed by atoms with E-state index in [-0.39, 0.29) is 0 Å². The SMILES string of the molecule is CC(=O)NC1C(O)OC(CO)C(OS(=O)(=O)O)C1OC1OC(C(=O)O)C(O)C(O)C1O. The standard InChI is InChI=1S/C14H23NO15S/c1-3(17)15-5-10(9(30-31(24,25)26)4(2-16)27-13(5)23)28-14-8(20)6(18)7(19)11(29-14)12(21)22/h4-11,13-14,16,18-20,23H,2H2,1H3,(H,15,17)(H,21,22)(H,24,25,26). The average Bonchev–Trinajstić information content (AvgIpc) is 2.64. The molecule has 2 aliphatic heterocycles. The zero-order valence-electron chi connectivity index (χ0n) is 15.8. The number of aliphatic hydroxyl groups is 5. The number of hydrogen-bond donors (Lipinski definition) is 8. The number of hydrogen-bond acceptors (Lipinski definition) is 13. The Kier molecular flexibility index (Phi) is 8.27. The van der Waals surface area contributed by atoms with Crippen LogP contribution in [0.5, 0.6) is 0 Å². The third-order valence-corrected chi connectivity index (χ3v) is 5.02. The molecule has 1 amide bonds. The van der Waals surface area contributed by atoms with Gasteiger partial charge in [0, 0.05) is 6.92 Å². The molecule has 0 aromatic carbocycles. The highest BCUT2D eigenvalue weighted by atomic mass is 32.3. The van der Waals surface area contributed by atoms with E-state index < -0.39 is 90.2 Å². The summed E-state index contributed by atoms with van der Waals surface area (Å²) < 4.78 is 51.3. The van der Waals surface area contributed by atoms with Crippen LogP contribution in [-0.4, -0.2) is 123 Å². The first kappa shape index (κ1) is 25.7. The molecule has 180 valence electrons. The van der Waals surface area contributed by atoms with E-state index in [1.165, 1.54) is 0 Å². The topological polar surface area (TPSA) is 259 Å². The van der Waals surface area contributed by atoms with Crippen molar-refractivity contribution in [2.75, 3.05) is 6.61 Å². The lowest BCUT2D eigenvalue weighted by Gasteiger charge is -2.46. The molecule has 16 nitrogen and oxygen atoms in total. The normalized spacial score (nSPS) is 41.5. The molecule has 0 aromatic heterocycles. The first-order valence-electron chi connectivity index (χ1n) is 8.72. The lowest BCUT2D eigenvalue weighted by molar-refractivity contribution is -0.334. The summed E-state index contributed by atoms with van der Waals surface area (Å²) in [4.78, 5) is 22.8. The number of ether oxygens (including phenoxy) is 3. The highest BCUT2D eigenvalue weighted by molar-refractivity contribution is 7.80. The monoisotopic (exact) mass is 477 g/mol. The summed E-state index contributed by atoms with van der Waals surface area (Å²) in [6, 6.07) is -1.64. The number of carbonyl (C=O) groups excluding carboxylic acids is 1. The molecule has 2 rings (SSSR count). The molecule has 2 saturated heterocycles. The van der Waals surface area contributed by atoms with Crippen LogP contribution in [0, 0.1) is 0 Å². The van der Waals surface area contributed by atoms with Crippen LogP contribution in [0.25, 0.3) is 0 Å². The van der Waals surface area contributed by atoms with Crippen molar-refractivity contribution in [3.05, 3.63) is 0 Å². The van der Waals surface area contributed by atoms with E-state index >= 15 is 0 Å². The van der Waals surface area contributed by atoms with E-state index in [1.807, 2.05) is 0 Å². The molecule has 0 radical (unpaired) electrons. The quantitative estimate of drug-likeness (QED) is 0.159. The van der Waals surface area contributed by atoms with Crippen LogP contribution < -0.4 is 5.32 Å². The molecule has 10 unspecified atom stereocenters. The minimum Gasteiger partial charge on any atom is -0.479 e. The van der Waals surface area contributed by atoms with Gasteiger partial charge in [-0.3, -0.25) is 9.35 Å². The van der Waals surface area contributed by atoms with Crippen molar-refractivity contribution in [2.45, 2.75) is 68.3 Å². The zero-order chi connectivity index (χ0) is 23.7. The maximum atomic E-state index is 11.5. The van der Waals surface area contributed by atoms with E-state index in [0.717, 1.165) is 6.92 Å². The number of aliphatic carboxylic acids is 1. The third kappa shape index (κ3) is 6.05. The lowest BCUT2D eigenvalue weighted by atomic mass is 9.95. The van der Waals surface area contributed by atoms with Gasteiger partial charge in [-0.15, -0.1) is 0 Å². The molecule has 0 spiro atoms. The van der Waals surface area contributed by atoms with Gasteiger partial charge in [-0.05, 0) is 0 Å². The summed E-state index contributed by atoms with van der Waals surface area (Å²) in [5, 5.41) is 60.6. The van der Waals surface area contributed by atoms with Gasteiger partial charge in [0.1, 0.15) is 42.7 Å². The Morgan fingerprint density at radius 2 is 1.65 bits per heavy atom. The number of carboxylic acid groups (broad SMARTS) is 1. The molecular formula is C14H23NO15S. The fourth-order valence-corrected chi connectivity index (χ4v) is 3.71. The van der Waals surface area contributed by atoms with Gasteiger partial charge in [-0.2, -0.15) is 8.42 Å². The lowest BCUT2D eigenvalue weighted by Crippen LogP contribution is -2.68. The molecule has 31 heavy (non-hydrogen) atoms. The first-order valence-corrected chi connectivity index (χ1v) is 10.1. The number of carboxylic acids is 1. The largest absolute Gasteiger partial charge is 0.479 e. The van der Waals surface area contributed by atoms with Crippen LogP contribution in [0.4, 0.5) is 0 Å². The first-order chi connectivity index (χ1) is 14.3. The van der Waals surface area contributed by atoms with E-state index in [4.69, 9.17) is 23.9 Å². The summed E-state index contributed by atoms with van der Waals surface area (Å²) in [6.45, 7) is 0.0319. The minimum absolute atomic E-state index is 0.779. The van der Waals surface area contributed by atoms with Crippen LogP contribution in [0.1, 0.15) is 6.92 Å². The van der Waals surface area contributed by atoms with Gasteiger partial charge in [-0.25, -0.2) is 8.98 Å². The Hall–Kier alpha value is -1.51. The summed E-state index contributed by atoms with van der Waals surface area (Å²) in [6.07, 6.45) is -17.8. The zero-order valence-corrected chi connectivity index (χ0v) is 16.6. The van der Waals surface area contributed by atoms with Gasteiger partial charge in [-0.1, -0.05) is 0 Å². The molecule has 0 bridgehead atoms. The van der Waals surface area contributed by atoms with Gasteiger partial charge in [0.15, 0.2) is 18.7 Å². The number of nitrogens with one attached hydrogen (secondary N) is 1. The number of carbonyl (C=O) groups is 2. The second-order valence-corrected chi connectivity index (χ2v) is 7.85. The maximum Gasteiger partial charge on any atom is 0.397 e. The molecule has 17 heteroatoms. The van der Waals surface area contributed by atoms with Gasteiger partial charge >= 0.3 is 16.4 Å². The van der Waals surface area contributed by atoms with Gasteiger partial charge < -0.3 is 50.2 Å². The Balaban J connectivity index is 2.42. The number of rotatable bonds is 7. The van der Waals surface area contributed by atoms with Crippen molar-refractivity contribution in [3.63, 3.8) is 0 Å². The molecular weight excluding hydrogens is 454 g/mol. The number of amides is 1. The van der Waals surface area contributed by atoms with Gasteiger partial charge in [0.2, 0.25) is 5.91 Å².